The van der Waals surface area contributed by atoms with Gasteiger partial charge in [0.2, 0.25) is 5.91 Å². The zero-order valence-corrected chi connectivity index (χ0v) is 20.4. The average molecular weight is 512 g/mol. The van der Waals surface area contributed by atoms with Gasteiger partial charge in [-0.15, -0.1) is 0 Å². The fourth-order valence-corrected chi connectivity index (χ4v) is 4.41. The van der Waals surface area contributed by atoms with Gasteiger partial charge in [0.1, 0.15) is 29.2 Å². The van der Waals surface area contributed by atoms with Crippen molar-refractivity contribution in [2.45, 2.75) is 31.2 Å². The number of anilines is 2. The van der Waals surface area contributed by atoms with Crippen molar-refractivity contribution in [1.29, 1.82) is 5.41 Å². The Morgan fingerprint density at radius 3 is 2.55 bits per heavy atom. The number of nitrogens with two attached hydrogens (primary N) is 1. The van der Waals surface area contributed by atoms with Crippen molar-refractivity contribution in [3.05, 3.63) is 108 Å². The third kappa shape index (κ3) is 5.01. The van der Waals surface area contributed by atoms with Crippen LogP contribution in [-0.4, -0.2) is 26.7 Å². The van der Waals surface area contributed by atoms with E-state index in [0.717, 1.165) is 24.8 Å². The van der Waals surface area contributed by atoms with Gasteiger partial charge in [0.05, 0.1) is 17.3 Å². The molecule has 0 unspecified atom stereocenters. The number of carbonyl (C=O) groups is 1. The highest BCUT2D eigenvalue weighted by molar-refractivity contribution is 6.08. The van der Waals surface area contributed by atoms with E-state index in [1.54, 1.807) is 24.3 Å². The Balaban J connectivity index is 1.33. The quantitative estimate of drug-likeness (QED) is 0.243. The summed E-state index contributed by atoms with van der Waals surface area (Å²) in [4.78, 5) is 21.7. The Morgan fingerprint density at radius 1 is 1.13 bits per heavy atom. The highest BCUT2D eigenvalue weighted by atomic mass is 19.1. The van der Waals surface area contributed by atoms with Crippen LogP contribution in [0.5, 0.6) is 0 Å². The van der Waals surface area contributed by atoms with Crippen LogP contribution < -0.4 is 16.4 Å². The van der Waals surface area contributed by atoms with E-state index < -0.39 is 5.41 Å². The molecule has 1 saturated carbocycles. The molecule has 0 radical (unpaired) electrons. The fourth-order valence-electron chi connectivity index (χ4n) is 4.41. The molecule has 0 spiro atoms. The number of carbonyl (C=O) groups excluding carboxylic acids is 1. The smallest absolute Gasteiger partial charge is 0.235 e. The summed E-state index contributed by atoms with van der Waals surface area (Å²) in [7, 11) is 0. The number of halogens is 1. The molecule has 1 amide bonds. The maximum absolute atomic E-state index is 14.1. The predicted octanol–water partition coefficient (Wildman–Crippen LogP) is 4.45. The maximum atomic E-state index is 14.1. The number of nitrogens with zero attached hydrogens (tertiary/aromatic N) is 3. The number of hydrogen-bond acceptors (Lipinski definition) is 8. The molecule has 1 aliphatic carbocycles. The summed E-state index contributed by atoms with van der Waals surface area (Å²) in [6.07, 6.45) is 6.73. The lowest BCUT2D eigenvalue weighted by Crippen LogP contribution is -2.46. The average Bonchev–Trinajstić information content (AvgIpc) is 3.43. The summed E-state index contributed by atoms with van der Waals surface area (Å²) in [5.41, 5.74) is 8.05. The molecule has 1 fully saturated rings. The predicted molar refractivity (Wildman–Crippen MR) is 142 cm³/mol. The van der Waals surface area contributed by atoms with Crippen LogP contribution in [0.4, 0.5) is 15.9 Å². The number of rotatable bonds is 9. The molecule has 0 bridgehead atoms. The van der Waals surface area contributed by atoms with Crippen molar-refractivity contribution < 1.29 is 13.7 Å². The largest absolute Gasteiger partial charge is 0.382 e. The summed E-state index contributed by atoms with van der Waals surface area (Å²) in [6, 6.07) is 17.7. The van der Waals surface area contributed by atoms with Crippen LogP contribution in [0.25, 0.3) is 5.70 Å². The monoisotopic (exact) mass is 511 g/mol. The van der Waals surface area contributed by atoms with Crippen LogP contribution in [-0.2, 0) is 16.8 Å². The number of hydrogen-bond donors (Lipinski definition) is 4. The molecule has 4 aromatic rings. The standard InChI is InChI=1S/C28H26FN7O2/c29-20-10-5-4-7-18(20)16-32-23(22-11-14-38-36-22)15-21(30)26-33-17-24(25(31)35-26)34-27(37)28(12-6-13-28)19-8-2-1-3-9-19/h1-5,7-11,14-15,17,30,32H,6,12-13,16H2,(H,34,37)(H2,31,33,35)/b23-15-,30-21?. The van der Waals surface area contributed by atoms with Gasteiger partial charge in [0.15, 0.2) is 11.6 Å². The highest BCUT2D eigenvalue weighted by Crippen LogP contribution is 2.44. The molecule has 192 valence electrons. The molecule has 2 aromatic heterocycles. The van der Waals surface area contributed by atoms with Crippen LogP contribution in [0.3, 0.4) is 0 Å². The summed E-state index contributed by atoms with van der Waals surface area (Å²) in [5, 5.41) is 18.4. The molecule has 9 nitrogen and oxygen atoms in total. The number of benzene rings is 2. The Hall–Kier alpha value is -4.86. The first-order valence-corrected chi connectivity index (χ1v) is 12.1. The number of nitrogen functional groups attached to an aromatic ring is 1. The van der Waals surface area contributed by atoms with Gasteiger partial charge in [0, 0.05) is 18.2 Å². The Bertz CT molecular complexity index is 1480. The number of allylic oxidation sites excluding steroid dienone is 1. The lowest BCUT2D eigenvalue weighted by Gasteiger charge is -2.40. The summed E-state index contributed by atoms with van der Waals surface area (Å²) in [5.74, 6) is -0.403. The molecule has 0 aliphatic heterocycles. The molecular formula is C28H26FN7O2. The molecular weight excluding hydrogens is 485 g/mol. The topological polar surface area (TPSA) is 143 Å². The molecule has 10 heteroatoms. The second-order valence-corrected chi connectivity index (χ2v) is 9.05. The number of aromatic nitrogens is 3. The first-order valence-electron chi connectivity index (χ1n) is 12.1. The molecule has 0 saturated heterocycles. The normalized spacial score (nSPS) is 14.4. The second-order valence-electron chi connectivity index (χ2n) is 9.05. The van der Waals surface area contributed by atoms with Crippen LogP contribution in [0.1, 0.15) is 41.9 Å². The van der Waals surface area contributed by atoms with Gasteiger partial charge in [0.25, 0.3) is 0 Å². The van der Waals surface area contributed by atoms with Gasteiger partial charge in [-0.1, -0.05) is 60.1 Å². The van der Waals surface area contributed by atoms with E-state index in [9.17, 15) is 9.18 Å². The van der Waals surface area contributed by atoms with Crippen molar-refractivity contribution in [3.8, 4) is 0 Å². The summed E-state index contributed by atoms with van der Waals surface area (Å²) >= 11 is 0. The SMILES string of the molecule is N=C(/C=C(\NCc1ccccc1F)c1ccon1)c1ncc(NC(=O)C2(c3ccccc3)CCC2)c(N)n1. The number of nitrogens with one attached hydrogen (secondary N) is 3. The maximum Gasteiger partial charge on any atom is 0.235 e. The minimum Gasteiger partial charge on any atom is -0.382 e. The van der Waals surface area contributed by atoms with Gasteiger partial charge >= 0.3 is 0 Å². The van der Waals surface area contributed by atoms with E-state index in [0.29, 0.717) is 17.0 Å². The minimum atomic E-state index is -0.599. The molecule has 5 N–H and O–H groups in total. The molecule has 5 rings (SSSR count). The van der Waals surface area contributed by atoms with Gasteiger partial charge in [-0.05, 0) is 30.5 Å². The van der Waals surface area contributed by atoms with E-state index in [-0.39, 0.29) is 41.3 Å². The van der Waals surface area contributed by atoms with Crippen molar-refractivity contribution in [2.24, 2.45) is 0 Å². The van der Waals surface area contributed by atoms with Crippen molar-refractivity contribution >= 4 is 28.8 Å². The van der Waals surface area contributed by atoms with E-state index >= 15 is 0 Å². The molecule has 1 aliphatic rings. The van der Waals surface area contributed by atoms with Crippen molar-refractivity contribution in [2.75, 3.05) is 11.1 Å². The third-order valence-corrected chi connectivity index (χ3v) is 6.71. The Labute approximate surface area is 218 Å². The van der Waals surface area contributed by atoms with Gasteiger partial charge in [-0.25, -0.2) is 14.4 Å². The fraction of sp³-hybridized carbons (Fsp3) is 0.179. The van der Waals surface area contributed by atoms with Crippen LogP contribution in [0, 0.1) is 11.2 Å². The van der Waals surface area contributed by atoms with Crippen LogP contribution in [0.2, 0.25) is 0 Å². The lowest BCUT2D eigenvalue weighted by atomic mass is 9.64. The lowest BCUT2D eigenvalue weighted by molar-refractivity contribution is -0.124. The highest BCUT2D eigenvalue weighted by Gasteiger charge is 2.45. The summed E-state index contributed by atoms with van der Waals surface area (Å²) in [6.45, 7) is 0.162. The molecule has 2 heterocycles. The van der Waals surface area contributed by atoms with E-state index in [1.807, 2.05) is 30.3 Å². The van der Waals surface area contributed by atoms with Gasteiger partial charge < -0.3 is 20.9 Å². The Kier molecular flexibility index (Phi) is 6.94. The van der Waals surface area contributed by atoms with Gasteiger partial charge in [-0.3, -0.25) is 10.2 Å². The second kappa shape index (κ2) is 10.6. The summed E-state index contributed by atoms with van der Waals surface area (Å²) < 4.78 is 19.0. The zero-order valence-electron chi connectivity index (χ0n) is 20.4. The van der Waals surface area contributed by atoms with E-state index in [4.69, 9.17) is 15.7 Å². The zero-order chi connectivity index (χ0) is 26.5. The number of amides is 1. The first-order chi connectivity index (χ1) is 18.5. The van der Waals surface area contributed by atoms with Crippen LogP contribution >= 0.6 is 0 Å². The van der Waals surface area contributed by atoms with Gasteiger partial charge in [-0.2, -0.15) is 0 Å². The minimum absolute atomic E-state index is 0.0475. The third-order valence-electron chi connectivity index (χ3n) is 6.71. The molecule has 0 atom stereocenters. The van der Waals surface area contributed by atoms with Crippen molar-refractivity contribution in [1.82, 2.24) is 20.4 Å². The van der Waals surface area contributed by atoms with Crippen LogP contribution in [0.15, 0.2) is 83.7 Å². The Morgan fingerprint density at radius 2 is 1.89 bits per heavy atom. The van der Waals surface area contributed by atoms with E-state index in [1.165, 1.54) is 24.6 Å². The van der Waals surface area contributed by atoms with E-state index in [2.05, 4.69) is 25.8 Å². The molecule has 38 heavy (non-hydrogen) atoms. The first kappa shape index (κ1) is 24.8. The van der Waals surface area contributed by atoms with Crippen molar-refractivity contribution in [3.63, 3.8) is 0 Å². The molecule has 2 aromatic carbocycles.